The van der Waals surface area contributed by atoms with E-state index < -0.39 is 11.3 Å². The maximum atomic E-state index is 12.9. The molecule has 3 N–H and O–H groups in total. The van der Waals surface area contributed by atoms with Crippen molar-refractivity contribution in [1.29, 1.82) is 5.26 Å². The lowest BCUT2D eigenvalue weighted by Gasteiger charge is -2.21. The Morgan fingerprint density at radius 1 is 1.30 bits per heavy atom. The first-order chi connectivity index (χ1) is 13.0. The number of amides is 2. The molecule has 8 nitrogen and oxygen atoms in total. The number of nitrogens with one attached hydrogen (secondary N) is 1. The average molecular weight is 362 g/mol. The smallest absolute Gasteiger partial charge is 0.250 e. The molecule has 4 rings (SSSR count). The van der Waals surface area contributed by atoms with Gasteiger partial charge in [0.15, 0.2) is 0 Å². The van der Waals surface area contributed by atoms with Crippen molar-refractivity contribution in [3.8, 4) is 6.07 Å². The number of nitriles is 1. The van der Waals surface area contributed by atoms with E-state index in [9.17, 15) is 14.9 Å². The van der Waals surface area contributed by atoms with Crippen molar-refractivity contribution in [3.05, 3.63) is 42.2 Å². The Bertz CT molecular complexity index is 947. The third kappa shape index (κ3) is 2.97. The molecule has 1 saturated heterocycles. The van der Waals surface area contributed by atoms with Gasteiger partial charge in [-0.1, -0.05) is 0 Å². The van der Waals surface area contributed by atoms with Crippen LogP contribution >= 0.6 is 0 Å². The van der Waals surface area contributed by atoms with Crippen LogP contribution in [0.4, 0.5) is 17.3 Å². The monoisotopic (exact) mass is 362 g/mol. The first kappa shape index (κ1) is 17.0. The predicted molar refractivity (Wildman–Crippen MR) is 98.0 cm³/mol. The van der Waals surface area contributed by atoms with Crippen LogP contribution in [-0.2, 0) is 4.79 Å². The summed E-state index contributed by atoms with van der Waals surface area (Å²) in [5.74, 6) is 0.543. The quantitative estimate of drug-likeness (QED) is 0.838. The van der Waals surface area contributed by atoms with E-state index in [1.54, 1.807) is 35.4 Å². The summed E-state index contributed by atoms with van der Waals surface area (Å²) in [6.07, 6.45) is 5.45. The lowest BCUT2D eigenvalue weighted by molar-refractivity contribution is -0.123. The van der Waals surface area contributed by atoms with Crippen molar-refractivity contribution < 1.29 is 9.59 Å². The number of anilines is 3. The second-order valence-corrected chi connectivity index (χ2v) is 6.88. The zero-order valence-electron chi connectivity index (χ0n) is 14.6. The lowest BCUT2D eigenvalue weighted by atomic mass is 9.83. The minimum absolute atomic E-state index is 0.117. The van der Waals surface area contributed by atoms with Crippen LogP contribution in [-0.4, -0.2) is 28.3 Å². The summed E-state index contributed by atoms with van der Waals surface area (Å²) in [4.78, 5) is 34.1. The molecule has 0 aromatic carbocycles. The molecular weight excluding hydrogens is 344 g/mol. The van der Waals surface area contributed by atoms with Crippen molar-refractivity contribution >= 4 is 29.1 Å². The number of hydrogen-bond acceptors (Lipinski definition) is 6. The van der Waals surface area contributed by atoms with Gasteiger partial charge >= 0.3 is 0 Å². The van der Waals surface area contributed by atoms with Gasteiger partial charge < -0.3 is 16.0 Å². The van der Waals surface area contributed by atoms with Crippen LogP contribution in [0.3, 0.4) is 0 Å². The van der Waals surface area contributed by atoms with E-state index >= 15 is 0 Å². The van der Waals surface area contributed by atoms with Gasteiger partial charge in [0.25, 0.3) is 0 Å². The van der Waals surface area contributed by atoms with Crippen LogP contribution in [0.15, 0.2) is 36.7 Å². The summed E-state index contributed by atoms with van der Waals surface area (Å²) < 4.78 is 0. The summed E-state index contributed by atoms with van der Waals surface area (Å²) in [7, 11) is 0. The van der Waals surface area contributed by atoms with Crippen molar-refractivity contribution in [2.75, 3.05) is 16.8 Å². The second kappa shape index (κ2) is 6.36. The number of nitrogens with two attached hydrogens (primary N) is 1. The molecule has 136 valence electrons. The molecule has 2 aromatic rings. The fourth-order valence-corrected chi connectivity index (χ4v) is 3.53. The van der Waals surface area contributed by atoms with Gasteiger partial charge in [-0.3, -0.25) is 9.59 Å². The number of pyridine rings is 2. The molecule has 2 aromatic heterocycles. The summed E-state index contributed by atoms with van der Waals surface area (Å²) in [6, 6.07) is 9.00. The Morgan fingerprint density at radius 2 is 2.11 bits per heavy atom. The molecule has 2 aliphatic rings. The Morgan fingerprint density at radius 3 is 2.74 bits per heavy atom. The van der Waals surface area contributed by atoms with Crippen molar-refractivity contribution in [2.45, 2.75) is 19.3 Å². The standard InChI is InChI=1S/C19H18N6O2/c20-11-19(13-2-3-13)6-8-25(18(19)27)14-5-7-22-16(9-14)24-15-4-1-12(10-23-15)17(21)26/h1,4-5,7,9-10,13H,2-3,6,8H2,(H2,21,26)(H,22,23,24)/t19-/m1/s1. The molecule has 0 spiro atoms. The highest BCUT2D eigenvalue weighted by Crippen LogP contribution is 2.51. The van der Waals surface area contributed by atoms with Crippen LogP contribution in [0.1, 0.15) is 29.6 Å². The van der Waals surface area contributed by atoms with E-state index in [-0.39, 0.29) is 11.8 Å². The Labute approximate surface area is 156 Å². The van der Waals surface area contributed by atoms with E-state index in [2.05, 4.69) is 21.4 Å². The van der Waals surface area contributed by atoms with E-state index in [0.717, 1.165) is 12.8 Å². The van der Waals surface area contributed by atoms with Crippen LogP contribution in [0.2, 0.25) is 0 Å². The topological polar surface area (TPSA) is 125 Å². The van der Waals surface area contributed by atoms with E-state index in [1.165, 1.54) is 6.20 Å². The Hall–Kier alpha value is -3.47. The number of carbonyl (C=O) groups excluding carboxylic acids is 2. The van der Waals surface area contributed by atoms with Crippen molar-refractivity contribution in [2.24, 2.45) is 17.1 Å². The molecule has 27 heavy (non-hydrogen) atoms. The minimum Gasteiger partial charge on any atom is -0.366 e. The molecule has 2 amide bonds. The van der Waals surface area contributed by atoms with Crippen molar-refractivity contribution in [1.82, 2.24) is 9.97 Å². The number of primary amides is 1. The summed E-state index contributed by atoms with van der Waals surface area (Å²) >= 11 is 0. The molecule has 3 heterocycles. The predicted octanol–water partition coefficient (Wildman–Crippen LogP) is 1.98. The summed E-state index contributed by atoms with van der Waals surface area (Å²) in [5.41, 5.74) is 5.35. The van der Waals surface area contributed by atoms with Crippen LogP contribution in [0, 0.1) is 22.7 Å². The third-order valence-electron chi connectivity index (χ3n) is 5.19. The Kier molecular flexibility index (Phi) is 4.00. The lowest BCUT2D eigenvalue weighted by Crippen LogP contribution is -2.35. The molecule has 1 atom stereocenters. The van der Waals surface area contributed by atoms with Gasteiger partial charge in [-0.25, -0.2) is 9.97 Å². The molecule has 1 aliphatic heterocycles. The van der Waals surface area contributed by atoms with Gasteiger partial charge in [0.05, 0.1) is 11.6 Å². The van der Waals surface area contributed by atoms with Gasteiger partial charge in [-0.2, -0.15) is 5.26 Å². The summed E-state index contributed by atoms with van der Waals surface area (Å²) in [5, 5.41) is 12.7. The fraction of sp³-hybridized carbons (Fsp3) is 0.316. The van der Waals surface area contributed by atoms with Gasteiger partial charge in [-0.05, 0) is 43.4 Å². The SMILES string of the molecule is N#C[C@@]1(C2CC2)CCN(c2ccnc(Nc3ccc(C(N)=O)cn3)c2)C1=O. The normalized spacial score (nSPS) is 21.7. The molecule has 0 radical (unpaired) electrons. The first-order valence-electron chi connectivity index (χ1n) is 8.76. The maximum absolute atomic E-state index is 12.9. The Balaban J connectivity index is 1.54. The number of hydrogen-bond donors (Lipinski definition) is 2. The second-order valence-electron chi connectivity index (χ2n) is 6.88. The van der Waals surface area contributed by atoms with Crippen LogP contribution in [0.5, 0.6) is 0 Å². The third-order valence-corrected chi connectivity index (χ3v) is 5.19. The number of aromatic nitrogens is 2. The van der Waals surface area contributed by atoms with Crippen molar-refractivity contribution in [3.63, 3.8) is 0 Å². The number of rotatable bonds is 5. The fourth-order valence-electron chi connectivity index (χ4n) is 3.53. The maximum Gasteiger partial charge on any atom is 0.250 e. The van der Waals surface area contributed by atoms with Crippen LogP contribution < -0.4 is 16.0 Å². The van der Waals surface area contributed by atoms with E-state index in [0.29, 0.717) is 35.9 Å². The molecule has 1 aliphatic carbocycles. The highest BCUT2D eigenvalue weighted by molar-refractivity contribution is 6.02. The van der Waals surface area contributed by atoms with Gasteiger partial charge in [0.2, 0.25) is 11.8 Å². The van der Waals surface area contributed by atoms with Gasteiger partial charge in [0.1, 0.15) is 17.1 Å². The average Bonchev–Trinajstić information content (AvgIpc) is 3.47. The number of nitrogens with zero attached hydrogens (tertiary/aromatic N) is 4. The van der Waals surface area contributed by atoms with E-state index in [4.69, 9.17) is 5.73 Å². The zero-order chi connectivity index (χ0) is 19.0. The molecular formula is C19H18N6O2. The highest BCUT2D eigenvalue weighted by Gasteiger charge is 2.56. The number of carbonyl (C=O) groups is 2. The molecule has 0 unspecified atom stereocenters. The van der Waals surface area contributed by atoms with Gasteiger partial charge in [0, 0.05) is 30.7 Å². The van der Waals surface area contributed by atoms with E-state index in [1.807, 2.05) is 0 Å². The highest BCUT2D eigenvalue weighted by atomic mass is 16.2. The van der Waals surface area contributed by atoms with Crippen LogP contribution in [0.25, 0.3) is 0 Å². The van der Waals surface area contributed by atoms with Gasteiger partial charge in [-0.15, -0.1) is 0 Å². The molecule has 8 heteroatoms. The first-order valence-corrected chi connectivity index (χ1v) is 8.76. The zero-order valence-corrected chi connectivity index (χ0v) is 14.6. The minimum atomic E-state index is -0.872. The summed E-state index contributed by atoms with van der Waals surface area (Å²) in [6.45, 7) is 0.526. The molecule has 1 saturated carbocycles. The molecule has 0 bridgehead atoms. The largest absolute Gasteiger partial charge is 0.366 e. The molecule has 2 fully saturated rings.